The zero-order chi connectivity index (χ0) is 17.6. The maximum atomic E-state index is 13.3. The Morgan fingerprint density at radius 1 is 1.28 bits per heavy atom. The number of carbonyl (C=O) groups is 1. The predicted octanol–water partition coefficient (Wildman–Crippen LogP) is 4.43. The molecule has 0 saturated carbocycles. The van der Waals surface area contributed by atoms with E-state index in [-0.39, 0.29) is 5.78 Å². The Bertz CT molecular complexity index is 946. The molecular weight excluding hydrogens is 310 g/mol. The highest BCUT2D eigenvalue weighted by molar-refractivity contribution is 6.18. The minimum absolute atomic E-state index is 0.125. The molecular formula is C21H23N3O. The van der Waals surface area contributed by atoms with Gasteiger partial charge in [0.25, 0.3) is 0 Å². The maximum absolute atomic E-state index is 13.3. The van der Waals surface area contributed by atoms with Gasteiger partial charge in [0.15, 0.2) is 5.78 Å². The van der Waals surface area contributed by atoms with Crippen LogP contribution < -0.4 is 0 Å². The molecule has 4 nitrogen and oxygen atoms in total. The van der Waals surface area contributed by atoms with Crippen LogP contribution in [-0.2, 0) is 19.4 Å². The van der Waals surface area contributed by atoms with Gasteiger partial charge in [0.2, 0.25) is 0 Å². The predicted molar refractivity (Wildman–Crippen MR) is 101 cm³/mol. The normalized spacial score (nSPS) is 18.2. The molecule has 4 rings (SSSR count). The molecule has 1 aliphatic heterocycles. The highest BCUT2D eigenvalue weighted by Gasteiger charge is 2.31. The molecule has 1 aromatic heterocycles. The molecule has 1 N–H and O–H groups in total. The van der Waals surface area contributed by atoms with Gasteiger partial charge in [-0.1, -0.05) is 24.3 Å². The third kappa shape index (κ3) is 2.44. The molecule has 0 fully saturated rings. The summed E-state index contributed by atoms with van der Waals surface area (Å²) in [5, 5.41) is 9.00. The largest absolute Gasteiger partial charge is 0.344 e. The van der Waals surface area contributed by atoms with Crippen molar-refractivity contribution < 1.29 is 4.79 Å². The van der Waals surface area contributed by atoms with Crippen molar-refractivity contribution in [2.45, 2.75) is 46.1 Å². The van der Waals surface area contributed by atoms with Crippen LogP contribution in [0.25, 0.3) is 10.9 Å². The van der Waals surface area contributed by atoms with E-state index < -0.39 is 0 Å². The van der Waals surface area contributed by atoms with Gasteiger partial charge in [-0.2, -0.15) is 0 Å². The van der Waals surface area contributed by atoms with Crippen LogP contribution in [0.2, 0.25) is 0 Å². The lowest BCUT2D eigenvalue weighted by molar-refractivity contribution is 0.102. The molecule has 2 heterocycles. The van der Waals surface area contributed by atoms with Crippen molar-refractivity contribution in [3.63, 3.8) is 0 Å². The number of nitrogens with zero attached hydrogens (tertiary/aromatic N) is 2. The third-order valence-corrected chi connectivity index (χ3v) is 5.24. The van der Waals surface area contributed by atoms with Crippen LogP contribution in [-0.4, -0.2) is 21.1 Å². The van der Waals surface area contributed by atoms with Crippen molar-refractivity contribution >= 4 is 22.5 Å². The summed E-state index contributed by atoms with van der Waals surface area (Å²) < 4.78 is 2.38. The molecule has 0 bridgehead atoms. The summed E-state index contributed by atoms with van der Waals surface area (Å²) in [6, 6.07) is 6.36. The summed E-state index contributed by atoms with van der Waals surface area (Å²) in [5.74, 6) is 0.534. The van der Waals surface area contributed by atoms with E-state index in [0.29, 0.717) is 5.84 Å². The molecule has 1 aliphatic carbocycles. The molecule has 1 aromatic carbocycles. The lowest BCUT2D eigenvalue weighted by atomic mass is 9.90. The van der Waals surface area contributed by atoms with Gasteiger partial charge >= 0.3 is 0 Å². The minimum Gasteiger partial charge on any atom is -0.344 e. The lowest BCUT2D eigenvalue weighted by Crippen LogP contribution is -2.21. The number of fused-ring (bicyclic) bond motifs is 3. The number of allylic oxidation sites excluding steroid dienone is 2. The van der Waals surface area contributed by atoms with Crippen LogP contribution in [0.3, 0.4) is 0 Å². The lowest BCUT2D eigenvalue weighted by Gasteiger charge is -2.21. The van der Waals surface area contributed by atoms with Crippen molar-refractivity contribution in [2.24, 2.45) is 0 Å². The van der Waals surface area contributed by atoms with E-state index in [4.69, 9.17) is 5.41 Å². The number of Topliss-reactive ketones (excluding diaryl/α,β-unsaturated/α-hetero) is 1. The highest BCUT2D eigenvalue weighted by atomic mass is 16.1. The average Bonchev–Trinajstić information content (AvgIpc) is 2.94. The molecule has 128 valence electrons. The first kappa shape index (κ1) is 15.9. The smallest absolute Gasteiger partial charge is 0.192 e. The minimum atomic E-state index is 0.125. The second kappa shape index (κ2) is 6.03. The number of nitrogens with one attached hydrogen (secondary N) is 1. The van der Waals surface area contributed by atoms with Gasteiger partial charge in [-0.05, 0) is 45.1 Å². The van der Waals surface area contributed by atoms with Gasteiger partial charge < -0.3 is 9.47 Å². The number of benzene rings is 1. The number of amidine groups is 1. The molecule has 0 atom stereocenters. The fourth-order valence-electron chi connectivity index (χ4n) is 4.16. The molecule has 2 aliphatic rings. The van der Waals surface area contributed by atoms with Gasteiger partial charge in [-0.25, -0.2) is 0 Å². The van der Waals surface area contributed by atoms with Crippen molar-refractivity contribution in [3.8, 4) is 0 Å². The summed E-state index contributed by atoms with van der Waals surface area (Å²) >= 11 is 0. The number of hydrogen-bond acceptors (Lipinski definition) is 2. The monoisotopic (exact) mass is 333 g/mol. The van der Waals surface area contributed by atoms with Crippen LogP contribution in [0.1, 0.15) is 48.3 Å². The van der Waals surface area contributed by atoms with E-state index in [1.54, 1.807) is 11.8 Å². The number of aryl methyl sites for hydroxylation is 2. The number of carbonyl (C=O) groups excluding carboxylic acids is 1. The Hall–Kier alpha value is -2.62. The van der Waals surface area contributed by atoms with E-state index in [1.807, 2.05) is 25.4 Å². The topological polar surface area (TPSA) is 49.1 Å². The van der Waals surface area contributed by atoms with E-state index in [2.05, 4.69) is 22.8 Å². The van der Waals surface area contributed by atoms with Crippen molar-refractivity contribution in [2.75, 3.05) is 0 Å². The van der Waals surface area contributed by atoms with Crippen molar-refractivity contribution in [3.05, 3.63) is 59.1 Å². The van der Waals surface area contributed by atoms with Crippen LogP contribution in [0.4, 0.5) is 0 Å². The molecule has 2 aromatic rings. The summed E-state index contributed by atoms with van der Waals surface area (Å²) in [7, 11) is 0. The van der Waals surface area contributed by atoms with Crippen LogP contribution in [0, 0.1) is 5.41 Å². The third-order valence-electron chi connectivity index (χ3n) is 5.24. The Balaban J connectivity index is 1.86. The standard InChI is InChI=1S/C21H23N3O/c1-3-11-23(14(2)22)13-16-9-10-18-19(21(16)25)17-8-4-6-15-7-5-12-24(18)20(15)17/h3-4,6,8,11,13,22H,5,7,9-10,12H2,1-2H3/b11-3-,16-13+,22-14?. The quantitative estimate of drug-likeness (QED) is 0.502. The number of hydrogen-bond donors (Lipinski definition) is 1. The summed E-state index contributed by atoms with van der Waals surface area (Å²) in [6.45, 7) is 4.66. The fourth-order valence-corrected chi connectivity index (χ4v) is 4.16. The van der Waals surface area contributed by atoms with E-state index >= 15 is 0 Å². The average molecular weight is 333 g/mol. The van der Waals surface area contributed by atoms with Crippen LogP contribution in [0.5, 0.6) is 0 Å². The molecule has 0 unspecified atom stereocenters. The Morgan fingerprint density at radius 3 is 2.88 bits per heavy atom. The van der Waals surface area contributed by atoms with E-state index in [9.17, 15) is 4.79 Å². The molecule has 25 heavy (non-hydrogen) atoms. The SMILES string of the molecule is C/C=C\N(/C=C1\CCc2c(c3cccc4c3n2CCC4)C1=O)C(C)=N. The van der Waals surface area contributed by atoms with Gasteiger partial charge in [-0.15, -0.1) is 0 Å². The number of para-hydroxylation sites is 1. The van der Waals surface area contributed by atoms with Gasteiger partial charge in [0.05, 0.1) is 11.1 Å². The second-order valence-electron chi connectivity index (χ2n) is 6.85. The first-order chi connectivity index (χ1) is 12.1. The van der Waals surface area contributed by atoms with Gasteiger partial charge in [0.1, 0.15) is 5.84 Å². The Labute approximate surface area is 147 Å². The zero-order valence-electron chi connectivity index (χ0n) is 14.8. The van der Waals surface area contributed by atoms with Crippen LogP contribution in [0.15, 0.2) is 42.2 Å². The number of ketones is 1. The van der Waals surface area contributed by atoms with Gasteiger partial charge in [0, 0.05) is 35.6 Å². The first-order valence-corrected chi connectivity index (χ1v) is 8.96. The van der Waals surface area contributed by atoms with E-state index in [1.165, 1.54) is 16.8 Å². The van der Waals surface area contributed by atoms with Crippen molar-refractivity contribution in [1.29, 1.82) is 5.41 Å². The Morgan fingerprint density at radius 2 is 2.12 bits per heavy atom. The molecule has 0 spiro atoms. The number of rotatable bonds is 2. The Kier molecular flexibility index (Phi) is 3.83. The molecule has 4 heteroatoms. The first-order valence-electron chi connectivity index (χ1n) is 8.96. The maximum Gasteiger partial charge on any atom is 0.192 e. The second-order valence-corrected chi connectivity index (χ2v) is 6.85. The van der Waals surface area contributed by atoms with E-state index in [0.717, 1.165) is 48.8 Å². The van der Waals surface area contributed by atoms with Gasteiger partial charge in [-0.3, -0.25) is 10.2 Å². The van der Waals surface area contributed by atoms with Crippen molar-refractivity contribution in [1.82, 2.24) is 9.47 Å². The summed E-state index contributed by atoms with van der Waals surface area (Å²) in [4.78, 5) is 15.0. The number of aromatic nitrogens is 1. The van der Waals surface area contributed by atoms with Crippen LogP contribution >= 0.6 is 0 Å². The summed E-state index contributed by atoms with van der Waals surface area (Å²) in [5.41, 5.74) is 5.51. The molecule has 0 saturated heterocycles. The zero-order valence-corrected chi connectivity index (χ0v) is 14.8. The fraction of sp³-hybridized carbons (Fsp3) is 0.333. The highest BCUT2D eigenvalue weighted by Crippen LogP contribution is 2.38. The molecule has 0 amide bonds. The molecule has 0 radical (unpaired) electrons. The summed E-state index contributed by atoms with van der Waals surface area (Å²) in [6.07, 6.45) is 9.41.